The Bertz CT molecular complexity index is 647. The minimum absolute atomic E-state index is 0.00301. The van der Waals surface area contributed by atoms with Crippen LogP contribution in [0.25, 0.3) is 6.08 Å². The van der Waals surface area contributed by atoms with Gasteiger partial charge in [-0.3, -0.25) is 0 Å². The standard InChI is InChI=1S/C22H30O2/c1-21(2,3)19-14-17(15-20(24-19)22(4,5)6)9-8-16-10-12-18(23-7)13-11-16/h8-15,19H,1-7H3. The van der Waals surface area contributed by atoms with Crippen LogP contribution in [-0.4, -0.2) is 13.2 Å². The van der Waals surface area contributed by atoms with Gasteiger partial charge in [-0.05, 0) is 35.4 Å². The lowest BCUT2D eigenvalue weighted by atomic mass is 9.84. The molecule has 24 heavy (non-hydrogen) atoms. The molecule has 2 heteroatoms. The van der Waals surface area contributed by atoms with Crippen LogP contribution in [0, 0.1) is 10.8 Å². The largest absolute Gasteiger partial charge is 0.497 e. The Morgan fingerprint density at radius 1 is 0.958 bits per heavy atom. The molecular weight excluding hydrogens is 296 g/mol. The summed E-state index contributed by atoms with van der Waals surface area (Å²) in [6.45, 7) is 13.2. The summed E-state index contributed by atoms with van der Waals surface area (Å²) in [6.07, 6.45) is 8.74. The molecule has 1 heterocycles. The van der Waals surface area contributed by atoms with Gasteiger partial charge in [-0.2, -0.15) is 0 Å². The van der Waals surface area contributed by atoms with Crippen molar-refractivity contribution in [3.63, 3.8) is 0 Å². The average Bonchev–Trinajstić information content (AvgIpc) is 2.51. The average molecular weight is 326 g/mol. The number of ether oxygens (including phenoxy) is 2. The zero-order valence-corrected chi connectivity index (χ0v) is 16.0. The Labute approximate surface area is 146 Å². The van der Waals surface area contributed by atoms with Crippen molar-refractivity contribution in [1.82, 2.24) is 0 Å². The Balaban J connectivity index is 2.28. The quantitative estimate of drug-likeness (QED) is 0.677. The van der Waals surface area contributed by atoms with Crippen molar-refractivity contribution in [2.24, 2.45) is 10.8 Å². The van der Waals surface area contributed by atoms with Gasteiger partial charge in [-0.1, -0.05) is 65.8 Å². The highest BCUT2D eigenvalue weighted by atomic mass is 16.5. The van der Waals surface area contributed by atoms with E-state index in [0.717, 1.165) is 17.1 Å². The summed E-state index contributed by atoms with van der Waals surface area (Å²) in [5.74, 6) is 1.92. The first-order chi connectivity index (χ1) is 11.1. The van der Waals surface area contributed by atoms with Gasteiger partial charge in [-0.15, -0.1) is 0 Å². The van der Waals surface area contributed by atoms with Crippen molar-refractivity contribution in [1.29, 1.82) is 0 Å². The van der Waals surface area contributed by atoms with Gasteiger partial charge in [0, 0.05) is 10.8 Å². The molecule has 0 N–H and O–H groups in total. The van der Waals surface area contributed by atoms with E-state index in [1.54, 1.807) is 7.11 Å². The number of rotatable bonds is 3. The number of benzene rings is 1. The van der Waals surface area contributed by atoms with E-state index in [1.165, 1.54) is 5.57 Å². The Hall–Kier alpha value is -1.96. The molecule has 2 rings (SSSR count). The number of allylic oxidation sites excluding steroid dienone is 4. The molecule has 1 atom stereocenters. The minimum atomic E-state index is -0.00301. The van der Waals surface area contributed by atoms with Crippen LogP contribution < -0.4 is 4.74 Å². The lowest BCUT2D eigenvalue weighted by Crippen LogP contribution is -2.32. The molecule has 0 bridgehead atoms. The van der Waals surface area contributed by atoms with Gasteiger partial charge < -0.3 is 9.47 Å². The highest BCUT2D eigenvalue weighted by Crippen LogP contribution is 2.37. The first kappa shape index (κ1) is 18.4. The first-order valence-corrected chi connectivity index (χ1v) is 8.52. The molecule has 130 valence electrons. The van der Waals surface area contributed by atoms with E-state index in [1.807, 2.05) is 12.1 Å². The molecule has 0 amide bonds. The summed E-state index contributed by atoms with van der Waals surface area (Å²) in [7, 11) is 1.68. The van der Waals surface area contributed by atoms with Gasteiger partial charge in [-0.25, -0.2) is 0 Å². The van der Waals surface area contributed by atoms with E-state index in [2.05, 4.69) is 78.0 Å². The lowest BCUT2D eigenvalue weighted by molar-refractivity contribution is 0.0323. The Morgan fingerprint density at radius 2 is 1.58 bits per heavy atom. The zero-order valence-electron chi connectivity index (χ0n) is 16.0. The van der Waals surface area contributed by atoms with Crippen LogP contribution in [0.2, 0.25) is 0 Å². The maximum Gasteiger partial charge on any atom is 0.122 e. The van der Waals surface area contributed by atoms with Crippen molar-refractivity contribution in [3.05, 3.63) is 59.4 Å². The fourth-order valence-electron chi connectivity index (χ4n) is 2.41. The molecule has 0 saturated heterocycles. The number of methoxy groups -OCH3 is 1. The predicted molar refractivity (Wildman–Crippen MR) is 102 cm³/mol. The number of hydrogen-bond acceptors (Lipinski definition) is 2. The Morgan fingerprint density at radius 3 is 2.08 bits per heavy atom. The summed E-state index contributed by atoms with van der Waals surface area (Å²) in [6, 6.07) is 8.08. The highest BCUT2D eigenvalue weighted by molar-refractivity contribution is 5.56. The summed E-state index contributed by atoms with van der Waals surface area (Å²) in [5.41, 5.74) is 2.41. The highest BCUT2D eigenvalue weighted by Gasteiger charge is 2.31. The smallest absolute Gasteiger partial charge is 0.122 e. The summed E-state index contributed by atoms with van der Waals surface area (Å²) < 4.78 is 11.5. The summed E-state index contributed by atoms with van der Waals surface area (Å²) in [4.78, 5) is 0. The van der Waals surface area contributed by atoms with Crippen LogP contribution in [-0.2, 0) is 4.74 Å². The van der Waals surface area contributed by atoms with Crippen LogP contribution in [0.3, 0.4) is 0 Å². The third-order valence-electron chi connectivity index (χ3n) is 4.07. The predicted octanol–water partition coefficient (Wildman–Crippen LogP) is 6.01. The van der Waals surface area contributed by atoms with E-state index in [-0.39, 0.29) is 16.9 Å². The summed E-state index contributed by atoms with van der Waals surface area (Å²) in [5, 5.41) is 0. The first-order valence-electron chi connectivity index (χ1n) is 8.52. The maximum absolute atomic E-state index is 6.26. The van der Waals surface area contributed by atoms with Gasteiger partial charge in [0.05, 0.1) is 7.11 Å². The molecule has 1 aliphatic rings. The van der Waals surface area contributed by atoms with Gasteiger partial charge in [0.2, 0.25) is 0 Å². The van der Waals surface area contributed by atoms with Gasteiger partial charge in [0.15, 0.2) is 0 Å². The molecule has 1 unspecified atom stereocenters. The van der Waals surface area contributed by atoms with Crippen LogP contribution in [0.15, 0.2) is 53.8 Å². The van der Waals surface area contributed by atoms with E-state index in [9.17, 15) is 0 Å². The second-order valence-electron chi connectivity index (χ2n) is 8.44. The molecule has 0 fully saturated rings. The van der Waals surface area contributed by atoms with Crippen molar-refractivity contribution in [3.8, 4) is 5.75 Å². The van der Waals surface area contributed by atoms with Gasteiger partial charge in [0.1, 0.15) is 17.6 Å². The van der Waals surface area contributed by atoms with Crippen LogP contribution >= 0.6 is 0 Å². The summed E-state index contributed by atoms with van der Waals surface area (Å²) >= 11 is 0. The van der Waals surface area contributed by atoms with Crippen molar-refractivity contribution in [2.75, 3.05) is 7.11 Å². The van der Waals surface area contributed by atoms with Gasteiger partial charge in [0.25, 0.3) is 0 Å². The molecule has 2 nitrogen and oxygen atoms in total. The van der Waals surface area contributed by atoms with Crippen LogP contribution in [0.1, 0.15) is 47.1 Å². The molecule has 1 aliphatic heterocycles. The van der Waals surface area contributed by atoms with E-state index in [4.69, 9.17) is 9.47 Å². The molecular formula is C22H30O2. The van der Waals surface area contributed by atoms with E-state index < -0.39 is 0 Å². The second-order valence-corrected chi connectivity index (χ2v) is 8.44. The van der Waals surface area contributed by atoms with E-state index >= 15 is 0 Å². The van der Waals surface area contributed by atoms with Crippen LogP contribution in [0.5, 0.6) is 5.75 Å². The van der Waals surface area contributed by atoms with Crippen LogP contribution in [0.4, 0.5) is 0 Å². The van der Waals surface area contributed by atoms with Crippen molar-refractivity contribution in [2.45, 2.75) is 47.6 Å². The minimum Gasteiger partial charge on any atom is -0.497 e. The molecule has 0 spiro atoms. The fourth-order valence-corrected chi connectivity index (χ4v) is 2.41. The zero-order chi connectivity index (χ0) is 18.0. The molecule has 0 radical (unpaired) electrons. The lowest BCUT2D eigenvalue weighted by Gasteiger charge is -2.36. The normalized spacial score (nSPS) is 18.9. The second kappa shape index (κ2) is 6.88. The molecule has 1 aromatic rings. The number of hydrogen-bond donors (Lipinski definition) is 0. The topological polar surface area (TPSA) is 18.5 Å². The fraction of sp³-hybridized carbons (Fsp3) is 0.455. The molecule has 0 saturated carbocycles. The SMILES string of the molecule is COc1ccc(C=CC2=CC(C(C)(C)C)OC(C(C)(C)C)=C2)cc1. The Kier molecular flexibility index (Phi) is 5.27. The molecule has 0 aliphatic carbocycles. The third kappa shape index (κ3) is 4.77. The van der Waals surface area contributed by atoms with E-state index in [0.29, 0.717) is 0 Å². The molecule has 0 aromatic heterocycles. The van der Waals surface area contributed by atoms with Gasteiger partial charge >= 0.3 is 0 Å². The van der Waals surface area contributed by atoms with Crippen molar-refractivity contribution < 1.29 is 9.47 Å². The third-order valence-corrected chi connectivity index (χ3v) is 4.07. The monoisotopic (exact) mass is 326 g/mol. The van der Waals surface area contributed by atoms with Crippen molar-refractivity contribution >= 4 is 6.08 Å². The maximum atomic E-state index is 6.26. The molecule has 1 aromatic carbocycles.